The first-order valence-corrected chi connectivity index (χ1v) is 7.33. The SMILES string of the molecule is CN1CCOC(CNC2CC2)C1c1cccc(C#N)c1. The van der Waals surface area contributed by atoms with Gasteiger partial charge in [0.1, 0.15) is 0 Å². The second-order valence-electron chi connectivity index (χ2n) is 5.75. The molecule has 1 heterocycles. The number of hydrogen-bond donors (Lipinski definition) is 1. The van der Waals surface area contributed by atoms with Gasteiger partial charge in [0.25, 0.3) is 0 Å². The molecule has 1 aromatic carbocycles. The van der Waals surface area contributed by atoms with Gasteiger partial charge < -0.3 is 10.1 Å². The minimum Gasteiger partial charge on any atom is -0.374 e. The van der Waals surface area contributed by atoms with Crippen molar-refractivity contribution in [2.45, 2.75) is 31.0 Å². The van der Waals surface area contributed by atoms with Crippen molar-refractivity contribution in [2.24, 2.45) is 0 Å². The molecule has 0 amide bonds. The molecule has 1 saturated heterocycles. The van der Waals surface area contributed by atoms with E-state index in [0.29, 0.717) is 6.04 Å². The highest BCUT2D eigenvalue weighted by atomic mass is 16.5. The van der Waals surface area contributed by atoms with E-state index in [4.69, 9.17) is 10.00 Å². The molecule has 20 heavy (non-hydrogen) atoms. The normalized spacial score (nSPS) is 27.2. The topological polar surface area (TPSA) is 48.3 Å². The van der Waals surface area contributed by atoms with Gasteiger partial charge in [0.05, 0.1) is 30.4 Å². The number of likely N-dealkylation sites (N-methyl/N-ethyl adjacent to an activating group) is 1. The van der Waals surface area contributed by atoms with E-state index < -0.39 is 0 Å². The number of hydrogen-bond acceptors (Lipinski definition) is 4. The molecule has 106 valence electrons. The van der Waals surface area contributed by atoms with Gasteiger partial charge in [0.15, 0.2) is 0 Å². The fourth-order valence-corrected chi connectivity index (χ4v) is 2.86. The van der Waals surface area contributed by atoms with E-state index in [9.17, 15) is 0 Å². The number of nitrogens with zero attached hydrogens (tertiary/aromatic N) is 2. The van der Waals surface area contributed by atoms with Crippen molar-refractivity contribution in [3.63, 3.8) is 0 Å². The van der Waals surface area contributed by atoms with Crippen LogP contribution in [0.5, 0.6) is 0 Å². The lowest BCUT2D eigenvalue weighted by Crippen LogP contribution is -2.47. The summed E-state index contributed by atoms with van der Waals surface area (Å²) in [6, 6.07) is 11.0. The maximum Gasteiger partial charge on any atom is 0.0991 e. The van der Waals surface area contributed by atoms with Crippen LogP contribution in [-0.4, -0.2) is 43.8 Å². The van der Waals surface area contributed by atoms with E-state index in [1.165, 1.54) is 18.4 Å². The lowest BCUT2D eigenvalue weighted by Gasteiger charge is -2.39. The third kappa shape index (κ3) is 3.01. The molecule has 1 aliphatic carbocycles. The minimum absolute atomic E-state index is 0.156. The summed E-state index contributed by atoms with van der Waals surface area (Å²) < 4.78 is 5.98. The molecule has 0 aromatic heterocycles. The van der Waals surface area contributed by atoms with Gasteiger partial charge in [0, 0.05) is 19.1 Å². The molecule has 2 atom stereocenters. The Labute approximate surface area is 120 Å². The lowest BCUT2D eigenvalue weighted by atomic mass is 9.97. The first kappa shape index (κ1) is 13.6. The van der Waals surface area contributed by atoms with Crippen molar-refractivity contribution in [3.8, 4) is 6.07 Å². The van der Waals surface area contributed by atoms with Crippen LogP contribution in [0.1, 0.15) is 30.0 Å². The number of rotatable bonds is 4. The predicted octanol–water partition coefficient (Wildman–Crippen LogP) is 1.68. The monoisotopic (exact) mass is 271 g/mol. The van der Waals surface area contributed by atoms with Gasteiger partial charge in [-0.05, 0) is 37.6 Å². The van der Waals surface area contributed by atoms with Crippen LogP contribution in [0.2, 0.25) is 0 Å². The highest BCUT2D eigenvalue weighted by molar-refractivity contribution is 5.35. The van der Waals surface area contributed by atoms with Gasteiger partial charge in [-0.1, -0.05) is 12.1 Å². The molecule has 2 aliphatic rings. The average molecular weight is 271 g/mol. The van der Waals surface area contributed by atoms with Gasteiger partial charge in [0.2, 0.25) is 0 Å². The summed E-state index contributed by atoms with van der Waals surface area (Å²) in [5, 5.41) is 12.6. The Hall–Kier alpha value is -1.41. The molecule has 0 radical (unpaired) electrons. The third-order valence-corrected chi connectivity index (χ3v) is 4.15. The second kappa shape index (κ2) is 5.92. The number of benzene rings is 1. The van der Waals surface area contributed by atoms with E-state index in [0.717, 1.165) is 25.3 Å². The molecule has 4 heteroatoms. The van der Waals surface area contributed by atoms with Crippen molar-refractivity contribution in [1.29, 1.82) is 5.26 Å². The Bertz CT molecular complexity index is 507. The van der Waals surface area contributed by atoms with Crippen LogP contribution in [0, 0.1) is 11.3 Å². The Kier molecular flexibility index (Phi) is 4.02. The zero-order valence-corrected chi connectivity index (χ0v) is 11.9. The van der Waals surface area contributed by atoms with E-state index in [1.54, 1.807) is 0 Å². The smallest absolute Gasteiger partial charge is 0.0991 e. The second-order valence-corrected chi connectivity index (χ2v) is 5.75. The molecule has 1 saturated carbocycles. The van der Waals surface area contributed by atoms with E-state index in [2.05, 4.69) is 29.4 Å². The summed E-state index contributed by atoms with van der Waals surface area (Å²) in [5.41, 5.74) is 1.89. The highest BCUT2D eigenvalue weighted by Crippen LogP contribution is 2.29. The fraction of sp³-hybridized carbons (Fsp3) is 0.562. The van der Waals surface area contributed by atoms with Gasteiger partial charge in [-0.15, -0.1) is 0 Å². The number of ether oxygens (including phenoxy) is 1. The molecular weight excluding hydrogens is 250 g/mol. The molecule has 0 spiro atoms. The Morgan fingerprint density at radius 2 is 2.30 bits per heavy atom. The molecule has 1 N–H and O–H groups in total. The highest BCUT2D eigenvalue weighted by Gasteiger charge is 2.33. The van der Waals surface area contributed by atoms with Crippen LogP contribution in [0.25, 0.3) is 0 Å². The van der Waals surface area contributed by atoms with Gasteiger partial charge >= 0.3 is 0 Å². The van der Waals surface area contributed by atoms with Crippen molar-refractivity contribution in [2.75, 3.05) is 26.7 Å². The summed E-state index contributed by atoms with van der Waals surface area (Å²) in [5.74, 6) is 0. The molecule has 2 unspecified atom stereocenters. The maximum atomic E-state index is 9.07. The number of nitrogens with one attached hydrogen (secondary N) is 1. The molecule has 2 fully saturated rings. The van der Waals surface area contributed by atoms with Crippen molar-refractivity contribution >= 4 is 0 Å². The fourth-order valence-electron chi connectivity index (χ4n) is 2.86. The van der Waals surface area contributed by atoms with Crippen LogP contribution in [0.15, 0.2) is 24.3 Å². The van der Waals surface area contributed by atoms with Crippen LogP contribution in [0.4, 0.5) is 0 Å². The van der Waals surface area contributed by atoms with Crippen LogP contribution < -0.4 is 5.32 Å². The zero-order chi connectivity index (χ0) is 13.9. The van der Waals surface area contributed by atoms with Crippen molar-refractivity contribution < 1.29 is 4.74 Å². The van der Waals surface area contributed by atoms with E-state index in [-0.39, 0.29) is 12.1 Å². The summed E-state index contributed by atoms with van der Waals surface area (Å²) in [7, 11) is 2.14. The standard InChI is InChI=1S/C16H21N3O/c1-19-7-8-20-15(11-18-14-5-6-14)16(19)13-4-2-3-12(9-13)10-17/h2-4,9,14-16,18H,5-8,11H2,1H3. The maximum absolute atomic E-state index is 9.07. The zero-order valence-electron chi connectivity index (χ0n) is 11.9. The van der Waals surface area contributed by atoms with Crippen molar-refractivity contribution in [1.82, 2.24) is 10.2 Å². The molecule has 4 nitrogen and oxygen atoms in total. The summed E-state index contributed by atoms with van der Waals surface area (Å²) in [6.07, 6.45) is 2.73. The molecule has 1 aliphatic heterocycles. The van der Waals surface area contributed by atoms with Crippen LogP contribution in [0.3, 0.4) is 0 Å². The number of morpholine rings is 1. The summed E-state index contributed by atoms with van der Waals surface area (Å²) in [4.78, 5) is 2.33. The number of nitriles is 1. The molecular formula is C16H21N3O. The van der Waals surface area contributed by atoms with Crippen LogP contribution in [-0.2, 0) is 4.74 Å². The molecule has 3 rings (SSSR count). The largest absolute Gasteiger partial charge is 0.374 e. The summed E-state index contributed by atoms with van der Waals surface area (Å²) in [6.45, 7) is 2.60. The Balaban J connectivity index is 1.78. The molecule has 0 bridgehead atoms. The third-order valence-electron chi connectivity index (χ3n) is 4.15. The van der Waals surface area contributed by atoms with Gasteiger partial charge in [-0.3, -0.25) is 4.90 Å². The Morgan fingerprint density at radius 1 is 1.45 bits per heavy atom. The summed E-state index contributed by atoms with van der Waals surface area (Å²) >= 11 is 0. The Morgan fingerprint density at radius 3 is 3.05 bits per heavy atom. The quantitative estimate of drug-likeness (QED) is 0.905. The van der Waals surface area contributed by atoms with E-state index >= 15 is 0 Å². The average Bonchev–Trinajstić information content (AvgIpc) is 3.29. The predicted molar refractivity (Wildman–Crippen MR) is 77.3 cm³/mol. The van der Waals surface area contributed by atoms with Crippen LogP contribution >= 0.6 is 0 Å². The van der Waals surface area contributed by atoms with E-state index in [1.807, 2.05) is 18.2 Å². The lowest BCUT2D eigenvalue weighted by molar-refractivity contribution is -0.0615. The molecule has 1 aromatic rings. The van der Waals surface area contributed by atoms with Gasteiger partial charge in [-0.2, -0.15) is 5.26 Å². The van der Waals surface area contributed by atoms with Crippen molar-refractivity contribution in [3.05, 3.63) is 35.4 Å². The minimum atomic E-state index is 0.156. The first-order chi connectivity index (χ1) is 9.78. The van der Waals surface area contributed by atoms with Gasteiger partial charge in [-0.25, -0.2) is 0 Å². The first-order valence-electron chi connectivity index (χ1n) is 7.33.